The largest absolute Gasteiger partial charge is 0.117 e. The van der Waals surface area contributed by atoms with Gasteiger partial charge in [0.05, 0.1) is 5.38 Å². The van der Waals surface area contributed by atoms with Gasteiger partial charge in [0.25, 0.3) is 0 Å². The van der Waals surface area contributed by atoms with Crippen LogP contribution in [0.3, 0.4) is 0 Å². The summed E-state index contributed by atoms with van der Waals surface area (Å²) >= 11 is 6.63. The topological polar surface area (TPSA) is 0 Å². The van der Waals surface area contributed by atoms with Crippen LogP contribution >= 0.6 is 11.6 Å². The first-order chi connectivity index (χ1) is 9.63. The first-order valence-corrected chi connectivity index (χ1v) is 7.89. The third kappa shape index (κ3) is 2.76. The maximum atomic E-state index is 6.63. The summed E-state index contributed by atoms with van der Waals surface area (Å²) in [6.45, 7) is 4.31. The molecule has 1 atom stereocenters. The molecular weight excluding hydrogens is 264 g/mol. The molecule has 0 N–H and O–H groups in total. The van der Waals surface area contributed by atoms with E-state index in [2.05, 4.69) is 50.2 Å². The van der Waals surface area contributed by atoms with Crippen molar-refractivity contribution in [3.05, 3.63) is 69.8 Å². The standard InChI is InChI=1S/C19H21Cl/c1-13-6-7-15(10-14(13)2)11-19(20)18-9-8-16-4-3-5-17(16)12-18/h6-10,12,19H,3-5,11H2,1-2H3. The van der Waals surface area contributed by atoms with E-state index in [0.717, 1.165) is 6.42 Å². The fourth-order valence-corrected chi connectivity index (χ4v) is 3.36. The monoisotopic (exact) mass is 284 g/mol. The van der Waals surface area contributed by atoms with Crippen molar-refractivity contribution < 1.29 is 0 Å². The van der Waals surface area contributed by atoms with Crippen molar-refractivity contribution in [3.63, 3.8) is 0 Å². The summed E-state index contributed by atoms with van der Waals surface area (Å²) in [7, 11) is 0. The molecule has 3 rings (SSSR count). The second-order valence-electron chi connectivity index (χ2n) is 5.97. The van der Waals surface area contributed by atoms with E-state index >= 15 is 0 Å². The summed E-state index contributed by atoms with van der Waals surface area (Å²) in [5, 5.41) is 0.0722. The summed E-state index contributed by atoms with van der Waals surface area (Å²) < 4.78 is 0. The number of rotatable bonds is 3. The van der Waals surface area contributed by atoms with Crippen LogP contribution < -0.4 is 0 Å². The second-order valence-corrected chi connectivity index (χ2v) is 6.50. The molecule has 0 radical (unpaired) electrons. The van der Waals surface area contributed by atoms with Crippen molar-refractivity contribution in [1.29, 1.82) is 0 Å². The molecule has 20 heavy (non-hydrogen) atoms. The van der Waals surface area contributed by atoms with Crippen LogP contribution in [-0.4, -0.2) is 0 Å². The number of halogens is 1. The van der Waals surface area contributed by atoms with E-state index in [0.29, 0.717) is 0 Å². The minimum absolute atomic E-state index is 0.0722. The summed E-state index contributed by atoms with van der Waals surface area (Å²) in [6.07, 6.45) is 4.65. The molecule has 0 heterocycles. The Balaban J connectivity index is 1.78. The molecular formula is C19H21Cl. The van der Waals surface area contributed by atoms with Gasteiger partial charge in [0.15, 0.2) is 0 Å². The Morgan fingerprint density at radius 2 is 1.75 bits per heavy atom. The Morgan fingerprint density at radius 1 is 0.950 bits per heavy atom. The summed E-state index contributed by atoms with van der Waals surface area (Å²) in [5.74, 6) is 0. The van der Waals surface area contributed by atoms with Crippen LogP contribution in [0.15, 0.2) is 36.4 Å². The average Bonchev–Trinajstić information content (AvgIpc) is 2.90. The van der Waals surface area contributed by atoms with Crippen molar-refractivity contribution in [2.24, 2.45) is 0 Å². The van der Waals surface area contributed by atoms with Gasteiger partial charge in [0.1, 0.15) is 0 Å². The van der Waals surface area contributed by atoms with Crippen LogP contribution in [0.2, 0.25) is 0 Å². The third-order valence-electron chi connectivity index (χ3n) is 4.47. The zero-order valence-electron chi connectivity index (χ0n) is 12.2. The molecule has 1 aliphatic rings. The van der Waals surface area contributed by atoms with E-state index in [1.54, 1.807) is 0 Å². The van der Waals surface area contributed by atoms with E-state index in [1.807, 2.05) is 0 Å². The lowest BCUT2D eigenvalue weighted by Crippen LogP contribution is -1.98. The molecule has 1 aliphatic carbocycles. The predicted octanol–water partition coefficient (Wildman–Crippen LogP) is 5.31. The van der Waals surface area contributed by atoms with Crippen molar-refractivity contribution in [1.82, 2.24) is 0 Å². The number of aryl methyl sites for hydroxylation is 4. The molecule has 0 nitrogen and oxygen atoms in total. The van der Waals surface area contributed by atoms with Gasteiger partial charge in [-0.1, -0.05) is 36.4 Å². The molecule has 2 aromatic rings. The smallest absolute Gasteiger partial charge is 0.0625 e. The third-order valence-corrected chi connectivity index (χ3v) is 4.88. The minimum atomic E-state index is 0.0722. The van der Waals surface area contributed by atoms with Crippen molar-refractivity contribution in [3.8, 4) is 0 Å². The SMILES string of the molecule is Cc1ccc(CC(Cl)c2ccc3c(c2)CCC3)cc1C. The lowest BCUT2D eigenvalue weighted by atomic mass is 9.98. The van der Waals surface area contributed by atoms with Gasteiger partial charge in [-0.05, 0) is 72.9 Å². The van der Waals surface area contributed by atoms with Crippen LogP contribution in [0.4, 0.5) is 0 Å². The van der Waals surface area contributed by atoms with Gasteiger partial charge in [-0.2, -0.15) is 0 Å². The quantitative estimate of drug-likeness (QED) is 0.670. The van der Waals surface area contributed by atoms with Crippen molar-refractivity contribution in [2.45, 2.75) is 44.9 Å². The minimum Gasteiger partial charge on any atom is -0.117 e. The Morgan fingerprint density at radius 3 is 2.55 bits per heavy atom. The highest BCUT2D eigenvalue weighted by molar-refractivity contribution is 6.20. The maximum absolute atomic E-state index is 6.63. The molecule has 1 heteroatoms. The van der Waals surface area contributed by atoms with E-state index in [-0.39, 0.29) is 5.38 Å². The Labute approximate surface area is 126 Å². The van der Waals surface area contributed by atoms with Gasteiger partial charge in [0, 0.05) is 0 Å². The zero-order valence-corrected chi connectivity index (χ0v) is 13.0. The van der Waals surface area contributed by atoms with Crippen LogP contribution in [-0.2, 0) is 19.3 Å². The lowest BCUT2D eigenvalue weighted by Gasteiger charge is -2.13. The van der Waals surface area contributed by atoms with E-state index < -0.39 is 0 Å². The fraction of sp³-hybridized carbons (Fsp3) is 0.368. The average molecular weight is 285 g/mol. The molecule has 2 aromatic carbocycles. The van der Waals surface area contributed by atoms with E-state index in [1.165, 1.54) is 52.6 Å². The van der Waals surface area contributed by atoms with Gasteiger partial charge in [-0.3, -0.25) is 0 Å². The zero-order chi connectivity index (χ0) is 14.1. The first-order valence-electron chi connectivity index (χ1n) is 7.45. The number of alkyl halides is 1. The molecule has 0 amide bonds. The highest BCUT2D eigenvalue weighted by atomic mass is 35.5. The molecule has 0 aliphatic heterocycles. The van der Waals surface area contributed by atoms with Crippen molar-refractivity contribution in [2.75, 3.05) is 0 Å². The highest BCUT2D eigenvalue weighted by Crippen LogP contribution is 2.30. The van der Waals surface area contributed by atoms with Crippen LogP contribution in [0, 0.1) is 13.8 Å². The predicted molar refractivity (Wildman–Crippen MR) is 86.7 cm³/mol. The second kappa shape index (κ2) is 5.61. The molecule has 0 spiro atoms. The molecule has 0 saturated carbocycles. The van der Waals surface area contributed by atoms with Gasteiger partial charge in [-0.25, -0.2) is 0 Å². The summed E-state index contributed by atoms with van der Waals surface area (Å²) in [6, 6.07) is 13.5. The van der Waals surface area contributed by atoms with Gasteiger partial charge in [-0.15, -0.1) is 11.6 Å². The summed E-state index contributed by atoms with van der Waals surface area (Å²) in [4.78, 5) is 0. The van der Waals surface area contributed by atoms with Crippen LogP contribution in [0.5, 0.6) is 0 Å². The number of fused-ring (bicyclic) bond motifs is 1. The van der Waals surface area contributed by atoms with E-state index in [9.17, 15) is 0 Å². The molecule has 0 saturated heterocycles. The molecule has 0 fully saturated rings. The Kier molecular flexibility index (Phi) is 3.85. The number of benzene rings is 2. The molecule has 0 bridgehead atoms. The number of hydrogen-bond donors (Lipinski definition) is 0. The van der Waals surface area contributed by atoms with Gasteiger partial charge < -0.3 is 0 Å². The van der Waals surface area contributed by atoms with Crippen molar-refractivity contribution >= 4 is 11.6 Å². The molecule has 104 valence electrons. The van der Waals surface area contributed by atoms with Gasteiger partial charge in [0.2, 0.25) is 0 Å². The molecule has 0 aromatic heterocycles. The Hall–Kier alpha value is -1.27. The summed E-state index contributed by atoms with van der Waals surface area (Å²) in [5.41, 5.74) is 8.31. The lowest BCUT2D eigenvalue weighted by molar-refractivity contribution is 0.904. The van der Waals surface area contributed by atoms with Crippen LogP contribution in [0.25, 0.3) is 0 Å². The number of hydrogen-bond acceptors (Lipinski definition) is 0. The fourth-order valence-electron chi connectivity index (χ4n) is 3.04. The first kappa shape index (κ1) is 13.7. The van der Waals surface area contributed by atoms with Gasteiger partial charge >= 0.3 is 0 Å². The normalized spacial score (nSPS) is 15.2. The Bertz CT molecular complexity index is 628. The van der Waals surface area contributed by atoms with Crippen LogP contribution in [0.1, 0.15) is 45.2 Å². The highest BCUT2D eigenvalue weighted by Gasteiger charge is 2.15. The maximum Gasteiger partial charge on any atom is 0.0625 e. The molecule has 1 unspecified atom stereocenters. The van der Waals surface area contributed by atoms with E-state index in [4.69, 9.17) is 11.6 Å².